The van der Waals surface area contributed by atoms with E-state index in [2.05, 4.69) is 75.4 Å². The van der Waals surface area contributed by atoms with Gasteiger partial charge in [-0.25, -0.2) is 4.98 Å². The molecule has 0 amide bonds. The van der Waals surface area contributed by atoms with Crippen molar-refractivity contribution in [2.24, 2.45) is 0 Å². The van der Waals surface area contributed by atoms with Gasteiger partial charge in [-0.15, -0.1) is 22.7 Å². The van der Waals surface area contributed by atoms with E-state index in [-0.39, 0.29) is 0 Å². The molecule has 3 aromatic heterocycles. The number of rotatable bonds is 6. The highest BCUT2D eigenvalue weighted by molar-refractivity contribution is 7.14. The molecular formula is C19H17N2S3+. The fourth-order valence-electron chi connectivity index (χ4n) is 2.70. The summed E-state index contributed by atoms with van der Waals surface area (Å²) in [4.78, 5) is 6.18. The van der Waals surface area contributed by atoms with E-state index in [0.717, 1.165) is 17.2 Å². The normalized spacial score (nSPS) is 12.3. The van der Waals surface area contributed by atoms with Gasteiger partial charge in [-0.1, -0.05) is 36.4 Å². The highest BCUT2D eigenvalue weighted by Crippen LogP contribution is 2.26. The summed E-state index contributed by atoms with van der Waals surface area (Å²) in [6.07, 6.45) is 0. The molecule has 2 N–H and O–H groups in total. The van der Waals surface area contributed by atoms with Crippen LogP contribution in [0.1, 0.15) is 22.2 Å². The van der Waals surface area contributed by atoms with Crippen LogP contribution in [0.4, 0.5) is 0 Å². The summed E-state index contributed by atoms with van der Waals surface area (Å²) in [6, 6.07) is 17.5. The highest BCUT2D eigenvalue weighted by Gasteiger charge is 2.19. The maximum atomic E-state index is 4.80. The maximum Gasteiger partial charge on any atom is 0.147 e. The van der Waals surface area contributed by atoms with E-state index in [1.807, 2.05) is 11.3 Å². The zero-order valence-corrected chi connectivity index (χ0v) is 15.4. The molecule has 0 aliphatic carbocycles. The lowest BCUT2D eigenvalue weighted by atomic mass is 10.1. The first-order chi connectivity index (χ1) is 11.9. The molecule has 4 aromatic rings. The smallest absolute Gasteiger partial charge is 0.147 e. The minimum atomic E-state index is 0.331. The van der Waals surface area contributed by atoms with E-state index < -0.39 is 0 Å². The number of thiophene rings is 2. The molecule has 1 aromatic carbocycles. The van der Waals surface area contributed by atoms with Gasteiger partial charge < -0.3 is 5.32 Å². The zero-order valence-electron chi connectivity index (χ0n) is 13.0. The van der Waals surface area contributed by atoms with E-state index in [1.165, 1.54) is 16.0 Å². The van der Waals surface area contributed by atoms with Crippen molar-refractivity contribution in [2.75, 3.05) is 0 Å². The standard InChI is InChI=1S/C19H16N2S3/c1-2-5-14(6-3-1)18(17-7-4-9-23-17)20-11-16-13-24-19(21-16)15-8-10-22-12-15/h1-10,12-13,18,20H,11H2/p+1/t18-/m0/s1. The Labute approximate surface area is 153 Å². The monoisotopic (exact) mass is 369 g/mol. The van der Waals surface area contributed by atoms with Crippen molar-refractivity contribution in [1.82, 2.24) is 4.98 Å². The lowest BCUT2D eigenvalue weighted by Gasteiger charge is -2.14. The summed E-state index contributed by atoms with van der Waals surface area (Å²) < 4.78 is 0. The molecule has 0 spiro atoms. The molecule has 0 saturated heterocycles. The molecule has 3 heterocycles. The van der Waals surface area contributed by atoms with Gasteiger partial charge in [0.2, 0.25) is 0 Å². The fraction of sp³-hybridized carbons (Fsp3) is 0.105. The van der Waals surface area contributed by atoms with Crippen molar-refractivity contribution in [2.45, 2.75) is 12.6 Å². The van der Waals surface area contributed by atoms with Gasteiger partial charge in [0.1, 0.15) is 23.3 Å². The van der Waals surface area contributed by atoms with E-state index in [9.17, 15) is 0 Å². The van der Waals surface area contributed by atoms with Crippen molar-refractivity contribution in [3.8, 4) is 10.6 Å². The average Bonchev–Trinajstić information content (AvgIpc) is 3.38. The molecule has 0 aliphatic rings. The second-order valence-corrected chi connectivity index (χ2v) is 8.12. The first-order valence-corrected chi connectivity index (χ1v) is 10.5. The minimum Gasteiger partial charge on any atom is -0.331 e. The van der Waals surface area contributed by atoms with Gasteiger partial charge in [-0.05, 0) is 22.9 Å². The minimum absolute atomic E-state index is 0.331. The van der Waals surface area contributed by atoms with Crippen molar-refractivity contribution in [1.29, 1.82) is 0 Å². The Morgan fingerprint density at radius 1 is 0.917 bits per heavy atom. The third kappa shape index (κ3) is 3.49. The van der Waals surface area contributed by atoms with Crippen LogP contribution in [0.2, 0.25) is 0 Å². The van der Waals surface area contributed by atoms with Gasteiger partial charge in [0.25, 0.3) is 0 Å². The van der Waals surface area contributed by atoms with Gasteiger partial charge in [0, 0.05) is 21.9 Å². The van der Waals surface area contributed by atoms with Gasteiger partial charge in [0.05, 0.1) is 4.88 Å². The molecular weight excluding hydrogens is 352 g/mol. The number of hydrogen-bond donors (Lipinski definition) is 1. The molecule has 24 heavy (non-hydrogen) atoms. The van der Waals surface area contributed by atoms with E-state index in [0.29, 0.717) is 6.04 Å². The molecule has 120 valence electrons. The van der Waals surface area contributed by atoms with Crippen LogP contribution in [0.25, 0.3) is 10.6 Å². The third-order valence-electron chi connectivity index (χ3n) is 3.89. The molecule has 0 aliphatic heterocycles. The van der Waals surface area contributed by atoms with Crippen LogP contribution in [0.3, 0.4) is 0 Å². The number of nitrogens with two attached hydrogens (primary N) is 1. The number of nitrogens with zero attached hydrogens (tertiary/aromatic N) is 1. The Morgan fingerprint density at radius 2 is 1.83 bits per heavy atom. The molecule has 2 nitrogen and oxygen atoms in total. The van der Waals surface area contributed by atoms with Gasteiger partial charge in [-0.3, -0.25) is 0 Å². The lowest BCUT2D eigenvalue weighted by Crippen LogP contribution is -2.83. The topological polar surface area (TPSA) is 29.5 Å². The van der Waals surface area contributed by atoms with Crippen LogP contribution in [0, 0.1) is 0 Å². The Bertz CT molecular complexity index is 865. The summed E-state index contributed by atoms with van der Waals surface area (Å²) in [5, 5.41) is 12.1. The fourth-order valence-corrected chi connectivity index (χ4v) is 5.10. The van der Waals surface area contributed by atoms with E-state index in [4.69, 9.17) is 4.98 Å². The summed E-state index contributed by atoms with van der Waals surface area (Å²) in [7, 11) is 0. The lowest BCUT2D eigenvalue weighted by molar-refractivity contribution is -0.702. The predicted molar refractivity (Wildman–Crippen MR) is 104 cm³/mol. The Balaban J connectivity index is 1.52. The number of quaternary nitrogens is 1. The van der Waals surface area contributed by atoms with Crippen molar-refractivity contribution < 1.29 is 5.32 Å². The first kappa shape index (κ1) is 15.7. The summed E-state index contributed by atoms with van der Waals surface area (Å²) >= 11 is 5.26. The van der Waals surface area contributed by atoms with E-state index in [1.54, 1.807) is 22.7 Å². The largest absolute Gasteiger partial charge is 0.331 e. The van der Waals surface area contributed by atoms with Crippen molar-refractivity contribution >= 4 is 34.0 Å². The molecule has 0 unspecified atom stereocenters. The summed E-state index contributed by atoms with van der Waals surface area (Å²) in [5.74, 6) is 0. The van der Waals surface area contributed by atoms with Crippen LogP contribution < -0.4 is 5.32 Å². The molecule has 1 atom stereocenters. The van der Waals surface area contributed by atoms with Crippen LogP contribution >= 0.6 is 34.0 Å². The number of thiazole rings is 1. The SMILES string of the molecule is c1ccc([C@H]([NH2+]Cc2csc(-c3ccsc3)n2)c2cccs2)cc1. The Hall–Kier alpha value is -1.79. The Kier molecular flexibility index (Phi) is 4.85. The van der Waals surface area contributed by atoms with Crippen molar-refractivity contribution in [3.63, 3.8) is 0 Å². The second kappa shape index (κ2) is 7.40. The highest BCUT2D eigenvalue weighted by atomic mass is 32.1. The van der Waals surface area contributed by atoms with Crippen LogP contribution in [-0.4, -0.2) is 4.98 Å². The zero-order chi connectivity index (χ0) is 16.2. The van der Waals surface area contributed by atoms with Crippen LogP contribution in [-0.2, 0) is 6.54 Å². The number of aromatic nitrogens is 1. The van der Waals surface area contributed by atoms with Crippen LogP contribution in [0.15, 0.2) is 70.1 Å². The maximum absolute atomic E-state index is 4.80. The van der Waals surface area contributed by atoms with E-state index >= 15 is 0 Å². The molecule has 0 bridgehead atoms. The van der Waals surface area contributed by atoms with Crippen LogP contribution in [0.5, 0.6) is 0 Å². The summed E-state index contributed by atoms with van der Waals surface area (Å²) in [5.41, 5.74) is 3.72. The molecule has 0 fully saturated rings. The quantitative estimate of drug-likeness (QED) is 0.520. The molecule has 0 radical (unpaired) electrons. The van der Waals surface area contributed by atoms with Gasteiger partial charge >= 0.3 is 0 Å². The predicted octanol–water partition coefficient (Wildman–Crippen LogP) is 4.79. The number of hydrogen-bond acceptors (Lipinski definition) is 4. The van der Waals surface area contributed by atoms with Crippen molar-refractivity contribution in [3.05, 3.63) is 86.2 Å². The average molecular weight is 370 g/mol. The third-order valence-corrected chi connectivity index (χ3v) is 6.47. The molecule has 5 heteroatoms. The first-order valence-electron chi connectivity index (χ1n) is 7.79. The molecule has 0 saturated carbocycles. The van der Waals surface area contributed by atoms with Gasteiger partial charge in [0.15, 0.2) is 0 Å². The summed E-state index contributed by atoms with van der Waals surface area (Å²) in [6.45, 7) is 0.887. The molecule has 4 rings (SSSR count). The second-order valence-electron chi connectivity index (χ2n) is 5.50. The number of benzene rings is 1. The van der Waals surface area contributed by atoms with Gasteiger partial charge in [-0.2, -0.15) is 11.3 Å². The Morgan fingerprint density at radius 3 is 2.58 bits per heavy atom.